The van der Waals surface area contributed by atoms with Crippen LogP contribution in [0.15, 0.2) is 30.3 Å². The summed E-state index contributed by atoms with van der Waals surface area (Å²) in [6.07, 6.45) is 0. The van der Waals surface area contributed by atoms with Gasteiger partial charge in [-0.25, -0.2) is 0 Å². The zero-order valence-electron chi connectivity index (χ0n) is 11.3. The van der Waals surface area contributed by atoms with Crippen LogP contribution in [-0.2, 0) is 4.79 Å². The van der Waals surface area contributed by atoms with Gasteiger partial charge in [-0.05, 0) is 32.9 Å². The fourth-order valence-electron chi connectivity index (χ4n) is 1.72. The van der Waals surface area contributed by atoms with E-state index in [2.05, 4.69) is 0 Å². The summed E-state index contributed by atoms with van der Waals surface area (Å²) in [5, 5.41) is 0. The highest BCUT2D eigenvalue weighted by Gasteiger charge is 2.18. The van der Waals surface area contributed by atoms with Crippen molar-refractivity contribution in [2.75, 3.05) is 16.4 Å². The first-order valence-corrected chi connectivity index (χ1v) is 7.38. The van der Waals surface area contributed by atoms with Gasteiger partial charge in [0.1, 0.15) is 0 Å². The Kier molecular flexibility index (Phi) is 6.22. The third kappa shape index (κ3) is 4.70. The van der Waals surface area contributed by atoms with E-state index in [1.54, 1.807) is 11.8 Å². The lowest BCUT2D eigenvalue weighted by atomic mass is 10.2. The van der Waals surface area contributed by atoms with E-state index in [9.17, 15) is 4.79 Å². The Morgan fingerprint density at radius 2 is 1.89 bits per heavy atom. The summed E-state index contributed by atoms with van der Waals surface area (Å²) >= 11 is 1.59. The largest absolute Gasteiger partial charge is 0.327 e. The van der Waals surface area contributed by atoms with Crippen LogP contribution in [0, 0.1) is 0 Å². The van der Waals surface area contributed by atoms with E-state index < -0.39 is 0 Å². The molecule has 1 aromatic rings. The van der Waals surface area contributed by atoms with Crippen LogP contribution in [0.25, 0.3) is 0 Å². The molecule has 2 N–H and O–H groups in total. The molecule has 4 heteroatoms. The normalized spacial score (nSPS) is 12.5. The molecule has 1 atom stereocenters. The number of nitrogens with zero attached hydrogens (tertiary/aromatic N) is 1. The van der Waals surface area contributed by atoms with Crippen molar-refractivity contribution >= 4 is 23.4 Å². The number of carbonyl (C=O) groups is 1. The second kappa shape index (κ2) is 7.44. The zero-order valence-corrected chi connectivity index (χ0v) is 12.1. The fourth-order valence-corrected chi connectivity index (χ4v) is 2.52. The van der Waals surface area contributed by atoms with Crippen LogP contribution in [0.3, 0.4) is 0 Å². The van der Waals surface area contributed by atoms with E-state index >= 15 is 0 Å². The summed E-state index contributed by atoms with van der Waals surface area (Å²) in [6.45, 7) is 6.01. The maximum absolute atomic E-state index is 12.2. The second-order valence-corrected chi connectivity index (χ2v) is 5.72. The van der Waals surface area contributed by atoms with Gasteiger partial charge < -0.3 is 10.6 Å². The number of nitrogens with two attached hydrogens (primary N) is 1. The number of hydrogen-bond donors (Lipinski definition) is 1. The number of amides is 1. The highest BCUT2D eigenvalue weighted by atomic mass is 32.2. The molecule has 0 heterocycles. The summed E-state index contributed by atoms with van der Waals surface area (Å²) in [7, 11) is 0. The Labute approximate surface area is 114 Å². The molecule has 0 saturated carbocycles. The topological polar surface area (TPSA) is 46.3 Å². The minimum atomic E-state index is 0.132. The van der Waals surface area contributed by atoms with Crippen molar-refractivity contribution in [1.29, 1.82) is 0 Å². The van der Waals surface area contributed by atoms with E-state index in [1.807, 2.05) is 56.0 Å². The van der Waals surface area contributed by atoms with Gasteiger partial charge in [-0.3, -0.25) is 4.79 Å². The van der Waals surface area contributed by atoms with Gasteiger partial charge in [-0.1, -0.05) is 18.2 Å². The third-order valence-corrected chi connectivity index (χ3v) is 3.64. The Hall–Kier alpha value is -1.00. The Balaban J connectivity index is 2.65. The van der Waals surface area contributed by atoms with Crippen molar-refractivity contribution in [3.05, 3.63) is 30.3 Å². The Bertz CT molecular complexity index is 365. The second-order valence-electron chi connectivity index (χ2n) is 4.69. The first-order valence-electron chi connectivity index (χ1n) is 6.22. The first kappa shape index (κ1) is 15.1. The summed E-state index contributed by atoms with van der Waals surface area (Å²) in [5.41, 5.74) is 6.64. The fraction of sp³-hybridized carbons (Fsp3) is 0.500. The molecule has 1 unspecified atom stereocenters. The predicted octanol–water partition coefficient (Wildman–Crippen LogP) is 2.51. The van der Waals surface area contributed by atoms with Crippen molar-refractivity contribution in [1.82, 2.24) is 0 Å². The van der Waals surface area contributed by atoms with E-state index in [-0.39, 0.29) is 18.0 Å². The highest BCUT2D eigenvalue weighted by Crippen LogP contribution is 2.18. The first-order chi connectivity index (χ1) is 8.52. The van der Waals surface area contributed by atoms with E-state index in [1.165, 1.54) is 0 Å². The molecule has 1 amide bonds. The van der Waals surface area contributed by atoms with Crippen LogP contribution >= 0.6 is 11.8 Å². The number of anilines is 1. The van der Waals surface area contributed by atoms with Crippen molar-refractivity contribution in [2.24, 2.45) is 5.73 Å². The van der Waals surface area contributed by atoms with Gasteiger partial charge >= 0.3 is 0 Å². The Morgan fingerprint density at radius 1 is 1.28 bits per heavy atom. The molecule has 3 nitrogen and oxygen atoms in total. The minimum absolute atomic E-state index is 0.132. The maximum atomic E-state index is 12.2. The third-order valence-electron chi connectivity index (χ3n) is 2.43. The molecule has 1 aromatic carbocycles. The van der Waals surface area contributed by atoms with Gasteiger partial charge in [-0.15, -0.1) is 0 Å². The lowest BCUT2D eigenvalue weighted by Crippen LogP contribution is -2.38. The quantitative estimate of drug-likeness (QED) is 0.860. The molecule has 0 spiro atoms. The SMILES string of the molecule is CC(N)CSCC(=O)N(c1ccccc1)C(C)C. The summed E-state index contributed by atoms with van der Waals surface area (Å²) in [5.74, 6) is 1.43. The standard InChI is InChI=1S/C14H22N2OS/c1-11(2)16(13-7-5-4-6-8-13)14(17)10-18-9-12(3)15/h4-8,11-12H,9-10,15H2,1-3H3. The maximum Gasteiger partial charge on any atom is 0.237 e. The average Bonchev–Trinajstić information content (AvgIpc) is 2.29. The molecular formula is C14H22N2OS. The highest BCUT2D eigenvalue weighted by molar-refractivity contribution is 8.00. The summed E-state index contributed by atoms with van der Waals surface area (Å²) in [6, 6.07) is 10.1. The number of para-hydroxylation sites is 1. The van der Waals surface area contributed by atoms with Crippen LogP contribution in [-0.4, -0.2) is 29.5 Å². The van der Waals surface area contributed by atoms with Gasteiger partial charge in [-0.2, -0.15) is 11.8 Å². The molecular weight excluding hydrogens is 244 g/mol. The summed E-state index contributed by atoms with van der Waals surface area (Å²) < 4.78 is 0. The number of hydrogen-bond acceptors (Lipinski definition) is 3. The molecule has 0 aromatic heterocycles. The molecule has 0 bridgehead atoms. The van der Waals surface area contributed by atoms with Crippen molar-refractivity contribution in [3.63, 3.8) is 0 Å². The van der Waals surface area contributed by atoms with Crippen LogP contribution in [0.4, 0.5) is 5.69 Å². The lowest BCUT2D eigenvalue weighted by Gasteiger charge is -2.27. The molecule has 100 valence electrons. The van der Waals surface area contributed by atoms with Crippen molar-refractivity contribution < 1.29 is 4.79 Å². The minimum Gasteiger partial charge on any atom is -0.327 e. The van der Waals surface area contributed by atoms with Crippen LogP contribution < -0.4 is 10.6 Å². The molecule has 18 heavy (non-hydrogen) atoms. The van der Waals surface area contributed by atoms with Crippen LogP contribution in [0.5, 0.6) is 0 Å². The van der Waals surface area contributed by atoms with Gasteiger partial charge in [0.25, 0.3) is 0 Å². The van der Waals surface area contributed by atoms with Crippen molar-refractivity contribution in [3.8, 4) is 0 Å². The Morgan fingerprint density at radius 3 is 2.39 bits per heavy atom. The number of carbonyl (C=O) groups excluding carboxylic acids is 1. The van der Waals surface area contributed by atoms with Gasteiger partial charge in [0.15, 0.2) is 0 Å². The zero-order chi connectivity index (χ0) is 13.5. The van der Waals surface area contributed by atoms with E-state index in [0.717, 1.165) is 11.4 Å². The van der Waals surface area contributed by atoms with Crippen LogP contribution in [0.1, 0.15) is 20.8 Å². The number of benzene rings is 1. The van der Waals surface area contributed by atoms with Crippen molar-refractivity contribution in [2.45, 2.75) is 32.9 Å². The average molecular weight is 266 g/mol. The van der Waals surface area contributed by atoms with Gasteiger partial charge in [0.05, 0.1) is 5.75 Å². The lowest BCUT2D eigenvalue weighted by molar-refractivity contribution is -0.116. The molecule has 0 saturated heterocycles. The summed E-state index contributed by atoms with van der Waals surface area (Å²) in [4.78, 5) is 14.1. The van der Waals surface area contributed by atoms with Crippen LogP contribution in [0.2, 0.25) is 0 Å². The smallest absolute Gasteiger partial charge is 0.237 e. The molecule has 0 fully saturated rings. The molecule has 0 aliphatic heterocycles. The predicted molar refractivity (Wildman–Crippen MR) is 80.0 cm³/mol. The van der Waals surface area contributed by atoms with Gasteiger partial charge in [0.2, 0.25) is 5.91 Å². The van der Waals surface area contributed by atoms with E-state index in [4.69, 9.17) is 5.73 Å². The molecule has 0 aliphatic carbocycles. The monoisotopic (exact) mass is 266 g/mol. The molecule has 0 aliphatic rings. The van der Waals surface area contributed by atoms with Gasteiger partial charge in [0, 0.05) is 23.5 Å². The number of thioether (sulfide) groups is 1. The molecule has 1 rings (SSSR count). The number of rotatable bonds is 6. The van der Waals surface area contributed by atoms with E-state index in [0.29, 0.717) is 5.75 Å². The molecule has 0 radical (unpaired) electrons.